The van der Waals surface area contributed by atoms with Crippen molar-refractivity contribution in [1.29, 1.82) is 0 Å². The second kappa shape index (κ2) is 15.7. The third-order valence-electron chi connectivity index (χ3n) is 8.17. The average Bonchev–Trinajstić information content (AvgIpc) is 3.01. The third-order valence-corrected chi connectivity index (χ3v) is 8.17. The van der Waals surface area contributed by atoms with E-state index in [2.05, 4.69) is 54.9 Å². The zero-order chi connectivity index (χ0) is 31.6. The van der Waals surface area contributed by atoms with Crippen LogP contribution < -0.4 is 19.7 Å². The molecule has 1 N–H and O–H groups in total. The zero-order valence-electron chi connectivity index (χ0n) is 26.8. The van der Waals surface area contributed by atoms with Gasteiger partial charge in [-0.3, -0.25) is 4.90 Å². The molecule has 1 fully saturated rings. The molecule has 44 heavy (non-hydrogen) atoms. The van der Waals surface area contributed by atoms with Gasteiger partial charge in [0.25, 0.3) is 0 Å². The Bertz CT molecular complexity index is 1370. The van der Waals surface area contributed by atoms with Crippen LogP contribution in [-0.4, -0.2) is 60.9 Å². The summed E-state index contributed by atoms with van der Waals surface area (Å²) in [6.45, 7) is 11.0. The number of nitrogens with zero attached hydrogens (tertiary/aromatic N) is 4. The van der Waals surface area contributed by atoms with Crippen LogP contribution in [0.3, 0.4) is 0 Å². The summed E-state index contributed by atoms with van der Waals surface area (Å²) in [5.74, 6) is 1.75. The summed E-state index contributed by atoms with van der Waals surface area (Å²) in [5.41, 5.74) is 1.28. The lowest BCUT2D eigenvalue weighted by Gasteiger charge is -2.36. The molecule has 0 bridgehead atoms. The number of carbonyl (C=O) groups excluding carboxylic acids is 1. The van der Waals surface area contributed by atoms with Gasteiger partial charge in [-0.25, -0.2) is 14.2 Å². The molecule has 1 amide bonds. The SMILES string of the molecule is CCC(C)C(C(C)C)N(C(=O)OCc1cccc(OC)c1)c1ccnc(Nc2ccc(OCC3CCCN(C)C3)c(F)c2)n1. The maximum absolute atomic E-state index is 15.0. The molecule has 1 aromatic heterocycles. The van der Waals surface area contributed by atoms with Crippen LogP contribution in [0.2, 0.25) is 0 Å². The highest BCUT2D eigenvalue weighted by Crippen LogP contribution is 2.30. The molecule has 3 unspecified atom stereocenters. The van der Waals surface area contributed by atoms with Gasteiger partial charge in [-0.15, -0.1) is 0 Å². The molecule has 0 aliphatic carbocycles. The Morgan fingerprint density at radius 3 is 2.70 bits per heavy atom. The molecule has 0 saturated carbocycles. The number of ether oxygens (including phenoxy) is 3. The van der Waals surface area contributed by atoms with Crippen molar-refractivity contribution in [3.8, 4) is 11.5 Å². The van der Waals surface area contributed by atoms with Crippen molar-refractivity contribution in [1.82, 2.24) is 14.9 Å². The van der Waals surface area contributed by atoms with E-state index < -0.39 is 11.9 Å². The van der Waals surface area contributed by atoms with Gasteiger partial charge in [0.1, 0.15) is 18.2 Å². The van der Waals surface area contributed by atoms with Crippen molar-refractivity contribution >= 4 is 23.5 Å². The predicted octanol–water partition coefficient (Wildman–Crippen LogP) is 7.30. The van der Waals surface area contributed by atoms with Gasteiger partial charge in [0.05, 0.1) is 13.7 Å². The number of halogens is 1. The van der Waals surface area contributed by atoms with Crippen LogP contribution in [0.4, 0.5) is 26.6 Å². The fourth-order valence-electron chi connectivity index (χ4n) is 5.78. The second-order valence-corrected chi connectivity index (χ2v) is 12.0. The van der Waals surface area contributed by atoms with Crippen molar-refractivity contribution in [3.63, 3.8) is 0 Å². The van der Waals surface area contributed by atoms with Gasteiger partial charge in [0.2, 0.25) is 5.95 Å². The maximum Gasteiger partial charge on any atom is 0.416 e. The number of carbonyl (C=O) groups is 1. The average molecular weight is 608 g/mol. The Kier molecular flexibility index (Phi) is 11.8. The van der Waals surface area contributed by atoms with Gasteiger partial charge in [-0.2, -0.15) is 4.98 Å². The minimum absolute atomic E-state index is 0.0825. The molecule has 10 heteroatoms. The summed E-state index contributed by atoms with van der Waals surface area (Å²) >= 11 is 0. The Morgan fingerprint density at radius 1 is 1.18 bits per heavy atom. The highest BCUT2D eigenvalue weighted by atomic mass is 19.1. The number of benzene rings is 2. The van der Waals surface area contributed by atoms with Crippen LogP contribution in [0, 0.1) is 23.6 Å². The van der Waals surface area contributed by atoms with E-state index in [0.717, 1.165) is 37.9 Å². The first-order valence-electron chi connectivity index (χ1n) is 15.5. The normalized spacial score (nSPS) is 16.7. The molecule has 3 aromatic rings. The van der Waals surface area contributed by atoms with Gasteiger partial charge in [0.15, 0.2) is 11.6 Å². The van der Waals surface area contributed by atoms with Crippen LogP contribution in [0.25, 0.3) is 0 Å². The van der Waals surface area contributed by atoms with E-state index in [1.165, 1.54) is 6.07 Å². The molecule has 0 spiro atoms. The molecule has 1 aliphatic heterocycles. The molecule has 2 aromatic carbocycles. The largest absolute Gasteiger partial charge is 0.497 e. The number of anilines is 3. The summed E-state index contributed by atoms with van der Waals surface area (Å²) < 4.78 is 31.9. The van der Waals surface area contributed by atoms with Crippen LogP contribution in [0.15, 0.2) is 54.7 Å². The summed E-state index contributed by atoms with van der Waals surface area (Å²) in [6.07, 6.45) is 4.15. The number of rotatable bonds is 13. The van der Waals surface area contributed by atoms with E-state index in [0.29, 0.717) is 29.8 Å². The fourth-order valence-corrected chi connectivity index (χ4v) is 5.78. The van der Waals surface area contributed by atoms with E-state index >= 15 is 0 Å². The zero-order valence-corrected chi connectivity index (χ0v) is 26.8. The van der Waals surface area contributed by atoms with Crippen molar-refractivity contribution in [2.24, 2.45) is 17.8 Å². The first-order chi connectivity index (χ1) is 21.2. The van der Waals surface area contributed by atoms with E-state index in [1.807, 2.05) is 24.3 Å². The molecule has 2 heterocycles. The molecule has 238 valence electrons. The monoisotopic (exact) mass is 607 g/mol. The number of hydrogen-bond acceptors (Lipinski definition) is 8. The van der Waals surface area contributed by atoms with Gasteiger partial charge < -0.3 is 24.4 Å². The highest BCUT2D eigenvalue weighted by molar-refractivity contribution is 5.87. The Morgan fingerprint density at radius 2 is 2.00 bits per heavy atom. The lowest BCUT2D eigenvalue weighted by atomic mass is 9.88. The number of amides is 1. The topological polar surface area (TPSA) is 89.0 Å². The molecular weight excluding hydrogens is 561 g/mol. The molecule has 1 aliphatic rings. The van der Waals surface area contributed by atoms with E-state index in [4.69, 9.17) is 14.2 Å². The van der Waals surface area contributed by atoms with E-state index in [9.17, 15) is 9.18 Å². The Labute approximate surface area is 260 Å². The van der Waals surface area contributed by atoms with Gasteiger partial charge in [-0.1, -0.05) is 46.2 Å². The first kappa shape index (κ1) is 33.0. The number of aromatic nitrogens is 2. The molecule has 3 atom stereocenters. The standard InChI is InChI=1S/C34H46FN5O4/c1-7-24(4)32(23(2)3)40(34(41)44-21-25-10-8-12-28(18-25)42-6)31-15-16-36-33(38-31)37-27-13-14-30(29(35)19-27)43-22-26-11-9-17-39(5)20-26/h8,10,12-16,18-19,23-24,26,32H,7,9,11,17,20-22H2,1-6H3,(H,36,37,38). The van der Waals surface area contributed by atoms with E-state index in [1.54, 1.807) is 36.4 Å². The minimum Gasteiger partial charge on any atom is -0.497 e. The molecule has 1 saturated heterocycles. The van der Waals surface area contributed by atoms with Crippen molar-refractivity contribution in [2.45, 2.75) is 59.6 Å². The number of hydrogen-bond donors (Lipinski definition) is 1. The van der Waals surface area contributed by atoms with Gasteiger partial charge in [0, 0.05) is 36.5 Å². The summed E-state index contributed by atoms with van der Waals surface area (Å²) in [4.78, 5) is 26.6. The lowest BCUT2D eigenvalue weighted by Crippen LogP contribution is -2.48. The smallest absolute Gasteiger partial charge is 0.416 e. The van der Waals surface area contributed by atoms with Crippen molar-refractivity contribution in [3.05, 3.63) is 66.1 Å². The molecular formula is C34H46FN5O4. The maximum atomic E-state index is 15.0. The number of likely N-dealkylation sites (tertiary alicyclic amines) is 1. The fraction of sp³-hybridized carbons (Fsp3) is 0.500. The quantitative estimate of drug-likeness (QED) is 0.217. The number of nitrogens with one attached hydrogen (secondary N) is 1. The Balaban J connectivity index is 1.51. The first-order valence-corrected chi connectivity index (χ1v) is 15.5. The van der Waals surface area contributed by atoms with Crippen molar-refractivity contribution < 1.29 is 23.4 Å². The van der Waals surface area contributed by atoms with Gasteiger partial charge >= 0.3 is 6.09 Å². The molecule has 9 nitrogen and oxygen atoms in total. The second-order valence-electron chi connectivity index (χ2n) is 12.0. The third kappa shape index (κ3) is 8.81. The van der Waals surface area contributed by atoms with Crippen LogP contribution in [0.5, 0.6) is 11.5 Å². The number of methoxy groups -OCH3 is 1. The Hall–Kier alpha value is -3.92. The summed E-state index contributed by atoms with van der Waals surface area (Å²) in [5, 5.41) is 3.08. The number of piperidine rings is 1. The van der Waals surface area contributed by atoms with Crippen LogP contribution >= 0.6 is 0 Å². The van der Waals surface area contributed by atoms with E-state index in [-0.39, 0.29) is 36.2 Å². The summed E-state index contributed by atoms with van der Waals surface area (Å²) in [6, 6.07) is 13.6. The van der Waals surface area contributed by atoms with Gasteiger partial charge in [-0.05, 0) is 74.2 Å². The molecule has 4 rings (SSSR count). The van der Waals surface area contributed by atoms with Crippen LogP contribution in [-0.2, 0) is 11.3 Å². The predicted molar refractivity (Wildman–Crippen MR) is 171 cm³/mol. The molecule has 0 radical (unpaired) electrons. The van der Waals surface area contributed by atoms with Crippen molar-refractivity contribution in [2.75, 3.05) is 44.1 Å². The lowest BCUT2D eigenvalue weighted by molar-refractivity contribution is 0.138. The summed E-state index contributed by atoms with van der Waals surface area (Å²) in [7, 11) is 3.70. The van der Waals surface area contributed by atoms with Crippen LogP contribution in [0.1, 0.15) is 52.5 Å². The minimum atomic E-state index is -0.506. The highest BCUT2D eigenvalue weighted by Gasteiger charge is 2.34.